The number of aromatic hydroxyl groups is 1. The van der Waals surface area contributed by atoms with Gasteiger partial charge in [0.2, 0.25) is 0 Å². The Morgan fingerprint density at radius 3 is 2.75 bits per heavy atom. The summed E-state index contributed by atoms with van der Waals surface area (Å²) in [5.74, 6) is 0.0109. The number of para-hydroxylation sites is 1. The van der Waals surface area contributed by atoms with Crippen molar-refractivity contribution in [2.24, 2.45) is 4.99 Å². The first kappa shape index (κ1) is 12.4. The van der Waals surface area contributed by atoms with Gasteiger partial charge in [-0.3, -0.25) is 9.79 Å². The molecule has 1 N–H and O–H groups in total. The van der Waals surface area contributed by atoms with Crippen LogP contribution in [0.2, 0.25) is 0 Å². The maximum absolute atomic E-state index is 10.6. The van der Waals surface area contributed by atoms with Crippen LogP contribution in [0.1, 0.15) is 42.1 Å². The normalized spacial score (nSPS) is 10.8. The minimum Gasteiger partial charge on any atom is -0.507 e. The quantitative estimate of drug-likeness (QED) is 0.454. The van der Waals surface area contributed by atoms with Crippen LogP contribution in [0.3, 0.4) is 0 Å². The van der Waals surface area contributed by atoms with Crippen molar-refractivity contribution in [3.63, 3.8) is 0 Å². The molecule has 0 bridgehead atoms. The molecule has 0 spiro atoms. The lowest BCUT2D eigenvalue weighted by molar-refractivity contribution is 0.112. The van der Waals surface area contributed by atoms with Crippen LogP contribution in [-0.2, 0) is 0 Å². The van der Waals surface area contributed by atoms with Crippen molar-refractivity contribution >= 4 is 12.5 Å². The smallest absolute Gasteiger partial charge is 0.153 e. The van der Waals surface area contributed by atoms with Crippen LogP contribution in [0.5, 0.6) is 5.75 Å². The van der Waals surface area contributed by atoms with Crippen LogP contribution in [0, 0.1) is 0 Å². The molecule has 0 aliphatic carbocycles. The summed E-state index contributed by atoms with van der Waals surface area (Å²) in [6, 6.07) is 5.05. The fourth-order valence-corrected chi connectivity index (χ4v) is 1.40. The molecular formula is C13H17NO2. The Hall–Kier alpha value is -1.64. The molecule has 3 nitrogen and oxygen atoms in total. The van der Waals surface area contributed by atoms with E-state index in [-0.39, 0.29) is 5.75 Å². The van der Waals surface area contributed by atoms with Crippen LogP contribution in [0.4, 0.5) is 0 Å². The highest BCUT2D eigenvalue weighted by Crippen LogP contribution is 2.18. The number of phenols is 1. The predicted molar refractivity (Wildman–Crippen MR) is 65.5 cm³/mol. The molecule has 0 saturated carbocycles. The number of phenolic OH excluding ortho intramolecular Hbond substituents is 1. The lowest BCUT2D eigenvalue weighted by Crippen LogP contribution is -1.89. The zero-order valence-electron chi connectivity index (χ0n) is 9.52. The maximum Gasteiger partial charge on any atom is 0.153 e. The number of unbranched alkanes of at least 4 members (excludes halogenated alkanes) is 2. The Morgan fingerprint density at radius 2 is 2.06 bits per heavy atom. The summed E-state index contributed by atoms with van der Waals surface area (Å²) in [5, 5.41) is 9.67. The molecule has 3 heteroatoms. The first-order valence-electron chi connectivity index (χ1n) is 5.56. The highest BCUT2D eigenvalue weighted by molar-refractivity contribution is 5.90. The predicted octanol–water partition coefficient (Wildman–Crippen LogP) is 2.81. The second-order valence-electron chi connectivity index (χ2n) is 3.65. The Bertz CT molecular complexity index is 372. The van der Waals surface area contributed by atoms with Crippen LogP contribution >= 0.6 is 0 Å². The highest BCUT2D eigenvalue weighted by atomic mass is 16.3. The van der Waals surface area contributed by atoms with E-state index < -0.39 is 0 Å². The molecule has 0 radical (unpaired) electrons. The van der Waals surface area contributed by atoms with Crippen molar-refractivity contribution in [3.8, 4) is 5.75 Å². The second-order valence-corrected chi connectivity index (χ2v) is 3.65. The molecule has 0 heterocycles. The standard InChI is InChI=1S/C13H17NO2/c1-2-3-4-8-14-9-11-6-5-7-12(10-15)13(11)16/h5-7,9-10,16H,2-4,8H2,1H3/b14-9+. The number of benzene rings is 1. The summed E-state index contributed by atoms with van der Waals surface area (Å²) in [4.78, 5) is 14.8. The average Bonchev–Trinajstić information content (AvgIpc) is 2.31. The van der Waals surface area contributed by atoms with Gasteiger partial charge in [0.1, 0.15) is 5.75 Å². The molecule has 1 aromatic carbocycles. The van der Waals surface area contributed by atoms with E-state index in [1.807, 2.05) is 0 Å². The number of hydrogen-bond acceptors (Lipinski definition) is 3. The largest absolute Gasteiger partial charge is 0.507 e. The Labute approximate surface area is 95.8 Å². The lowest BCUT2D eigenvalue weighted by Gasteiger charge is -2.00. The minimum atomic E-state index is 0.0109. The maximum atomic E-state index is 10.6. The summed E-state index contributed by atoms with van der Waals surface area (Å²) in [6.07, 6.45) is 5.65. The molecule has 0 amide bonds. The monoisotopic (exact) mass is 219 g/mol. The van der Waals surface area contributed by atoms with Crippen molar-refractivity contribution in [1.82, 2.24) is 0 Å². The van der Waals surface area contributed by atoms with E-state index >= 15 is 0 Å². The SMILES string of the molecule is CCCCC/N=C/c1cccc(C=O)c1O. The molecule has 0 aromatic heterocycles. The molecule has 0 atom stereocenters. The van der Waals surface area contributed by atoms with Gasteiger partial charge in [0, 0.05) is 18.3 Å². The zero-order chi connectivity index (χ0) is 11.8. The van der Waals surface area contributed by atoms with E-state index in [2.05, 4.69) is 11.9 Å². The first-order chi connectivity index (χ1) is 7.79. The van der Waals surface area contributed by atoms with Gasteiger partial charge >= 0.3 is 0 Å². The fraction of sp³-hybridized carbons (Fsp3) is 0.385. The van der Waals surface area contributed by atoms with Crippen LogP contribution in [0.25, 0.3) is 0 Å². The molecule has 1 aromatic rings. The molecule has 1 rings (SSSR count). The van der Waals surface area contributed by atoms with E-state index in [4.69, 9.17) is 0 Å². The van der Waals surface area contributed by atoms with E-state index in [9.17, 15) is 9.90 Å². The second kappa shape index (κ2) is 6.77. The van der Waals surface area contributed by atoms with Crippen molar-refractivity contribution in [2.75, 3.05) is 6.54 Å². The van der Waals surface area contributed by atoms with Crippen molar-refractivity contribution in [2.45, 2.75) is 26.2 Å². The topological polar surface area (TPSA) is 49.7 Å². The molecule has 0 fully saturated rings. The number of carbonyl (C=O) groups is 1. The van der Waals surface area contributed by atoms with E-state index in [0.717, 1.165) is 19.4 Å². The summed E-state index contributed by atoms with van der Waals surface area (Å²) < 4.78 is 0. The van der Waals surface area contributed by atoms with Crippen molar-refractivity contribution < 1.29 is 9.90 Å². The number of aldehydes is 1. The Kier molecular flexibility index (Phi) is 5.26. The number of carbonyl (C=O) groups excluding carboxylic acids is 1. The number of aliphatic imine (C=N–C) groups is 1. The molecule has 86 valence electrons. The average molecular weight is 219 g/mol. The summed E-state index contributed by atoms with van der Waals surface area (Å²) in [7, 11) is 0. The lowest BCUT2D eigenvalue weighted by atomic mass is 10.1. The van der Waals surface area contributed by atoms with Gasteiger partial charge in [0.15, 0.2) is 6.29 Å². The number of nitrogens with zero attached hydrogens (tertiary/aromatic N) is 1. The Morgan fingerprint density at radius 1 is 1.31 bits per heavy atom. The zero-order valence-corrected chi connectivity index (χ0v) is 9.52. The van der Waals surface area contributed by atoms with Gasteiger partial charge in [-0.25, -0.2) is 0 Å². The fourth-order valence-electron chi connectivity index (χ4n) is 1.40. The molecule has 0 saturated heterocycles. The first-order valence-corrected chi connectivity index (χ1v) is 5.56. The third-order valence-corrected chi connectivity index (χ3v) is 2.35. The number of hydrogen-bond donors (Lipinski definition) is 1. The minimum absolute atomic E-state index is 0.0109. The third-order valence-electron chi connectivity index (χ3n) is 2.35. The van der Waals surface area contributed by atoms with Gasteiger partial charge in [0.05, 0.1) is 5.56 Å². The van der Waals surface area contributed by atoms with Crippen LogP contribution in [-0.4, -0.2) is 24.2 Å². The summed E-state index contributed by atoms with van der Waals surface area (Å²) in [6.45, 7) is 2.90. The molecule has 0 aliphatic heterocycles. The van der Waals surface area contributed by atoms with E-state index in [1.165, 1.54) is 6.42 Å². The highest BCUT2D eigenvalue weighted by Gasteiger charge is 2.02. The van der Waals surface area contributed by atoms with Gasteiger partial charge in [0.25, 0.3) is 0 Å². The van der Waals surface area contributed by atoms with Gasteiger partial charge in [-0.2, -0.15) is 0 Å². The van der Waals surface area contributed by atoms with Gasteiger partial charge in [-0.1, -0.05) is 25.8 Å². The van der Waals surface area contributed by atoms with Gasteiger partial charge < -0.3 is 5.11 Å². The summed E-state index contributed by atoms with van der Waals surface area (Å²) >= 11 is 0. The molecule has 16 heavy (non-hydrogen) atoms. The number of rotatable bonds is 6. The summed E-state index contributed by atoms with van der Waals surface area (Å²) in [5.41, 5.74) is 0.901. The molecular weight excluding hydrogens is 202 g/mol. The van der Waals surface area contributed by atoms with Crippen molar-refractivity contribution in [1.29, 1.82) is 0 Å². The van der Waals surface area contributed by atoms with Gasteiger partial charge in [-0.05, 0) is 18.6 Å². The Balaban J connectivity index is 2.63. The molecule has 0 unspecified atom stereocenters. The third kappa shape index (κ3) is 3.50. The van der Waals surface area contributed by atoms with E-state index in [0.29, 0.717) is 17.4 Å². The molecule has 0 aliphatic rings. The van der Waals surface area contributed by atoms with Crippen LogP contribution in [0.15, 0.2) is 23.2 Å². The van der Waals surface area contributed by atoms with Gasteiger partial charge in [-0.15, -0.1) is 0 Å². The van der Waals surface area contributed by atoms with E-state index in [1.54, 1.807) is 24.4 Å². The van der Waals surface area contributed by atoms with Crippen molar-refractivity contribution in [3.05, 3.63) is 29.3 Å². The van der Waals surface area contributed by atoms with Crippen LogP contribution < -0.4 is 0 Å².